The van der Waals surface area contributed by atoms with Crippen molar-refractivity contribution in [2.45, 2.75) is 31.5 Å². The van der Waals surface area contributed by atoms with Crippen LogP contribution in [-0.4, -0.2) is 29.8 Å². The van der Waals surface area contributed by atoms with E-state index in [-0.39, 0.29) is 0 Å². The molecule has 1 spiro atoms. The van der Waals surface area contributed by atoms with Crippen LogP contribution >= 0.6 is 0 Å². The van der Waals surface area contributed by atoms with Crippen LogP contribution in [-0.2, 0) is 15.9 Å². The van der Waals surface area contributed by atoms with Crippen LogP contribution in [0.5, 0.6) is 0 Å². The monoisotopic (exact) mass is 433 g/mol. The number of anilines is 1. The Balaban J connectivity index is 1.33. The van der Waals surface area contributed by atoms with Gasteiger partial charge >= 0.3 is 12.3 Å². The maximum absolute atomic E-state index is 12.8. The molecule has 0 unspecified atom stereocenters. The fraction of sp³-hybridized carbons (Fsp3) is 0.318. The van der Waals surface area contributed by atoms with Crippen molar-refractivity contribution >= 4 is 17.5 Å². The van der Waals surface area contributed by atoms with E-state index in [1.807, 2.05) is 31.2 Å². The molecule has 2 aliphatic rings. The van der Waals surface area contributed by atoms with Crippen molar-refractivity contribution < 1.29 is 27.6 Å². The van der Waals surface area contributed by atoms with Gasteiger partial charge in [-0.2, -0.15) is 13.2 Å². The predicted molar refractivity (Wildman–Crippen MR) is 108 cm³/mol. The first kappa shape index (κ1) is 21.2. The molecule has 2 aromatic carbocycles. The molecule has 0 bridgehead atoms. The molecule has 0 aromatic heterocycles. The van der Waals surface area contributed by atoms with E-state index in [1.54, 1.807) is 11.1 Å². The number of piperidine rings is 1. The molecule has 0 saturated carbocycles. The Hall–Kier alpha value is -3.04. The van der Waals surface area contributed by atoms with Gasteiger partial charge in [-0.25, -0.2) is 4.79 Å². The van der Waals surface area contributed by atoms with Gasteiger partial charge in [0.15, 0.2) is 0 Å². The molecule has 0 aliphatic carbocycles. The highest BCUT2D eigenvalue weighted by Crippen LogP contribution is 2.36. The molecule has 31 heavy (non-hydrogen) atoms. The summed E-state index contributed by atoms with van der Waals surface area (Å²) in [6.07, 6.45) is -1.92. The topological polar surface area (TPSA) is 62.8 Å². The summed E-state index contributed by atoms with van der Waals surface area (Å²) in [5.74, 6) is 0. The summed E-state index contributed by atoms with van der Waals surface area (Å²) in [7, 11) is 0. The molecule has 9 heteroatoms. The van der Waals surface area contributed by atoms with E-state index in [0.717, 1.165) is 17.7 Å². The lowest BCUT2D eigenvalue weighted by molar-refractivity contribution is -0.153. The summed E-state index contributed by atoms with van der Waals surface area (Å²) < 4.78 is 38.3. The smallest absolute Gasteiger partial charge is 0.351 e. The number of hydrogen-bond donors (Lipinski definition) is 2. The molecule has 0 atom stereocenters. The fourth-order valence-corrected chi connectivity index (χ4v) is 3.63. The van der Waals surface area contributed by atoms with Crippen molar-refractivity contribution in [3.63, 3.8) is 0 Å². The summed E-state index contributed by atoms with van der Waals surface area (Å²) in [4.78, 5) is 23.3. The van der Waals surface area contributed by atoms with Gasteiger partial charge in [-0.1, -0.05) is 30.3 Å². The molecule has 2 N–H and O–H groups in total. The number of amides is 1. The van der Waals surface area contributed by atoms with Gasteiger partial charge in [-0.15, -0.1) is 5.06 Å². The first-order valence-electron chi connectivity index (χ1n) is 9.88. The third-order valence-corrected chi connectivity index (χ3v) is 5.46. The van der Waals surface area contributed by atoms with Crippen LogP contribution in [0.2, 0.25) is 0 Å². The minimum absolute atomic E-state index is 0.458. The summed E-state index contributed by atoms with van der Waals surface area (Å²) in [5.41, 5.74) is 4.40. The predicted octanol–water partition coefficient (Wildman–Crippen LogP) is 4.89. The molecule has 6 nitrogen and oxygen atoms in total. The highest BCUT2D eigenvalue weighted by Gasteiger charge is 2.40. The molecule has 4 rings (SSSR count). The number of benzene rings is 2. The molecule has 2 heterocycles. The number of aryl methyl sites for hydroxylation is 1. The largest absolute Gasteiger partial charge is 0.430 e. The number of carbonyl (C=O) groups is 1. The zero-order valence-electron chi connectivity index (χ0n) is 16.8. The van der Waals surface area contributed by atoms with E-state index in [1.165, 1.54) is 12.1 Å². The van der Waals surface area contributed by atoms with E-state index in [9.17, 15) is 18.0 Å². The molecule has 1 amide bonds. The Morgan fingerprint density at radius 2 is 1.81 bits per heavy atom. The Morgan fingerprint density at radius 3 is 2.45 bits per heavy atom. The first-order chi connectivity index (χ1) is 14.7. The minimum Gasteiger partial charge on any atom is -0.351 e. The second kappa shape index (κ2) is 8.24. The number of hydroxylamine groups is 3. The van der Waals surface area contributed by atoms with Crippen molar-refractivity contribution in [2.75, 3.05) is 18.4 Å². The Morgan fingerprint density at radius 1 is 1.13 bits per heavy atom. The number of nitrogens with zero attached hydrogens (tertiary/aromatic N) is 1. The van der Waals surface area contributed by atoms with Crippen LogP contribution in [0.3, 0.4) is 0 Å². The molecular formula is C22H22F3N3O3. The van der Waals surface area contributed by atoms with Gasteiger partial charge in [-0.3, -0.25) is 15.6 Å². The Kier molecular flexibility index (Phi) is 5.63. The van der Waals surface area contributed by atoms with E-state index in [2.05, 4.69) is 10.8 Å². The second-order valence-electron chi connectivity index (χ2n) is 7.65. The van der Waals surface area contributed by atoms with Crippen LogP contribution in [0, 0.1) is 6.92 Å². The van der Waals surface area contributed by atoms with Crippen molar-refractivity contribution in [1.82, 2.24) is 10.5 Å². The van der Waals surface area contributed by atoms with Crippen LogP contribution in [0.4, 0.5) is 23.7 Å². The highest BCUT2D eigenvalue weighted by atomic mass is 19.4. The zero-order valence-corrected chi connectivity index (χ0v) is 16.8. The molecule has 2 aliphatic heterocycles. The lowest BCUT2D eigenvalue weighted by atomic mass is 9.91. The van der Waals surface area contributed by atoms with Gasteiger partial charge in [0.05, 0.1) is 11.3 Å². The number of para-hydroxylation sites is 1. The van der Waals surface area contributed by atoms with Crippen LogP contribution < -0.4 is 10.8 Å². The van der Waals surface area contributed by atoms with Crippen molar-refractivity contribution in [3.8, 4) is 0 Å². The van der Waals surface area contributed by atoms with Crippen LogP contribution in [0.25, 0.3) is 5.70 Å². The molecule has 1 saturated heterocycles. The van der Waals surface area contributed by atoms with Gasteiger partial charge < -0.3 is 4.84 Å². The third-order valence-electron chi connectivity index (χ3n) is 5.46. The number of rotatable bonds is 3. The number of halogens is 3. The van der Waals surface area contributed by atoms with Gasteiger partial charge in [0.25, 0.3) is 0 Å². The van der Waals surface area contributed by atoms with Crippen LogP contribution in [0.15, 0.2) is 54.6 Å². The molecule has 0 radical (unpaired) electrons. The Bertz CT molecular complexity index is 981. The fourth-order valence-electron chi connectivity index (χ4n) is 3.63. The third kappa shape index (κ3) is 4.83. The summed E-state index contributed by atoms with van der Waals surface area (Å²) in [5, 5.41) is 4.30. The lowest BCUT2D eigenvalue weighted by Crippen LogP contribution is -2.45. The normalized spacial score (nSPS) is 18.4. The summed E-state index contributed by atoms with van der Waals surface area (Å²) >= 11 is 0. The first-order valence-corrected chi connectivity index (χ1v) is 9.88. The number of carbonyl (C=O) groups excluding carboxylic acids is 1. The van der Waals surface area contributed by atoms with Gasteiger partial charge in [0.1, 0.15) is 5.60 Å². The molecular weight excluding hydrogens is 411 g/mol. The molecule has 164 valence electrons. The molecule has 2 aromatic rings. The van der Waals surface area contributed by atoms with Gasteiger partial charge in [0.2, 0.25) is 0 Å². The lowest BCUT2D eigenvalue weighted by Gasteiger charge is -2.35. The summed E-state index contributed by atoms with van der Waals surface area (Å²) in [6.45, 7) is 2.81. The van der Waals surface area contributed by atoms with E-state index >= 15 is 0 Å². The number of hydrogen-bond acceptors (Lipinski definition) is 5. The quantitative estimate of drug-likeness (QED) is 0.722. The maximum Gasteiger partial charge on any atom is 0.430 e. The zero-order chi connectivity index (χ0) is 22.1. The van der Waals surface area contributed by atoms with Crippen LogP contribution in [0.1, 0.15) is 29.5 Å². The van der Waals surface area contributed by atoms with E-state index in [4.69, 9.17) is 9.68 Å². The van der Waals surface area contributed by atoms with Gasteiger partial charge in [0, 0.05) is 18.8 Å². The average molecular weight is 433 g/mol. The highest BCUT2D eigenvalue weighted by molar-refractivity contribution is 5.85. The SMILES string of the molecule is Cc1ccccc1NC(=O)ON1CCC2(C=C(c3ccc(C(F)(F)F)cc3)NO2)CC1. The van der Waals surface area contributed by atoms with E-state index < -0.39 is 23.4 Å². The Labute approximate surface area is 177 Å². The number of alkyl halides is 3. The average Bonchev–Trinajstić information content (AvgIpc) is 3.15. The van der Waals surface area contributed by atoms with Gasteiger partial charge in [-0.05, 0) is 55.2 Å². The minimum atomic E-state index is -4.37. The van der Waals surface area contributed by atoms with Crippen molar-refractivity contribution in [1.29, 1.82) is 0 Å². The molecule has 1 fully saturated rings. The standard InChI is InChI=1S/C22H22F3N3O3/c1-15-4-2-3-5-18(15)26-20(29)30-28-12-10-21(11-13-28)14-19(27-31-21)16-6-8-17(9-7-16)22(23,24)25/h2-9,14,27H,10-13H2,1H3,(H,26,29). The number of nitrogens with one attached hydrogen (secondary N) is 2. The van der Waals surface area contributed by atoms with Crippen molar-refractivity contribution in [2.24, 2.45) is 0 Å². The van der Waals surface area contributed by atoms with Crippen molar-refractivity contribution in [3.05, 3.63) is 71.3 Å². The maximum atomic E-state index is 12.8. The van der Waals surface area contributed by atoms with E-state index in [0.29, 0.717) is 42.9 Å². The summed E-state index contributed by atoms with van der Waals surface area (Å²) in [6, 6.07) is 12.3. The second-order valence-corrected chi connectivity index (χ2v) is 7.65.